The molecule has 0 saturated heterocycles. The summed E-state index contributed by atoms with van der Waals surface area (Å²) in [5.74, 6) is -0.108. The number of aryl methyl sites for hydroxylation is 1. The van der Waals surface area contributed by atoms with E-state index < -0.39 is 0 Å². The molecule has 18 heavy (non-hydrogen) atoms. The third kappa shape index (κ3) is 4.41. The molecule has 0 fully saturated rings. The van der Waals surface area contributed by atoms with Crippen LogP contribution in [0.4, 0.5) is 4.39 Å². The van der Waals surface area contributed by atoms with E-state index in [-0.39, 0.29) is 11.9 Å². The van der Waals surface area contributed by atoms with Crippen molar-refractivity contribution in [1.29, 1.82) is 0 Å². The maximum absolute atomic E-state index is 13.5. The highest BCUT2D eigenvalue weighted by atomic mass is 19.1. The minimum atomic E-state index is -0.108. The third-order valence-corrected chi connectivity index (χ3v) is 3.46. The summed E-state index contributed by atoms with van der Waals surface area (Å²) >= 11 is 0. The van der Waals surface area contributed by atoms with E-state index in [1.807, 2.05) is 12.1 Å². The SMILES string of the molecule is CCCC(CCC)NC(C)c1ccc(C)c(F)c1. The molecule has 0 amide bonds. The molecular weight excluding hydrogens is 225 g/mol. The van der Waals surface area contributed by atoms with E-state index in [4.69, 9.17) is 0 Å². The van der Waals surface area contributed by atoms with Gasteiger partial charge in [0.1, 0.15) is 5.82 Å². The van der Waals surface area contributed by atoms with E-state index >= 15 is 0 Å². The number of rotatable bonds is 7. The number of hydrogen-bond donors (Lipinski definition) is 1. The zero-order chi connectivity index (χ0) is 13.5. The highest BCUT2D eigenvalue weighted by molar-refractivity contribution is 5.25. The number of benzene rings is 1. The van der Waals surface area contributed by atoms with Gasteiger partial charge in [0.2, 0.25) is 0 Å². The fourth-order valence-corrected chi connectivity index (χ4v) is 2.34. The summed E-state index contributed by atoms with van der Waals surface area (Å²) in [5, 5.41) is 3.62. The minimum Gasteiger partial charge on any atom is -0.307 e. The Hall–Kier alpha value is -0.890. The molecule has 1 aromatic rings. The third-order valence-electron chi connectivity index (χ3n) is 3.46. The Morgan fingerprint density at radius 1 is 1.17 bits per heavy atom. The average molecular weight is 251 g/mol. The molecule has 1 rings (SSSR count). The molecule has 0 radical (unpaired) electrons. The molecule has 0 aliphatic rings. The summed E-state index contributed by atoms with van der Waals surface area (Å²) in [7, 11) is 0. The van der Waals surface area contributed by atoms with Crippen molar-refractivity contribution in [3.8, 4) is 0 Å². The maximum atomic E-state index is 13.5. The van der Waals surface area contributed by atoms with Crippen molar-refractivity contribution >= 4 is 0 Å². The molecule has 1 nitrogen and oxygen atoms in total. The molecule has 1 atom stereocenters. The monoisotopic (exact) mass is 251 g/mol. The van der Waals surface area contributed by atoms with E-state index in [0.29, 0.717) is 11.6 Å². The van der Waals surface area contributed by atoms with Crippen LogP contribution in [0.3, 0.4) is 0 Å². The van der Waals surface area contributed by atoms with Crippen molar-refractivity contribution in [3.63, 3.8) is 0 Å². The van der Waals surface area contributed by atoms with Crippen LogP contribution in [0.5, 0.6) is 0 Å². The van der Waals surface area contributed by atoms with Crippen molar-refractivity contribution in [2.24, 2.45) is 0 Å². The van der Waals surface area contributed by atoms with Gasteiger partial charge in [-0.05, 0) is 43.9 Å². The van der Waals surface area contributed by atoms with Gasteiger partial charge in [0.15, 0.2) is 0 Å². The second-order valence-electron chi connectivity index (χ2n) is 5.17. The smallest absolute Gasteiger partial charge is 0.126 e. The van der Waals surface area contributed by atoms with Crippen LogP contribution in [0, 0.1) is 12.7 Å². The highest BCUT2D eigenvalue weighted by Crippen LogP contribution is 2.18. The molecule has 1 N–H and O–H groups in total. The van der Waals surface area contributed by atoms with Gasteiger partial charge in [-0.15, -0.1) is 0 Å². The molecule has 2 heteroatoms. The van der Waals surface area contributed by atoms with Gasteiger partial charge >= 0.3 is 0 Å². The molecule has 0 aliphatic heterocycles. The molecule has 1 aromatic carbocycles. The van der Waals surface area contributed by atoms with Crippen LogP contribution >= 0.6 is 0 Å². The van der Waals surface area contributed by atoms with Gasteiger partial charge in [-0.3, -0.25) is 0 Å². The van der Waals surface area contributed by atoms with E-state index in [2.05, 4.69) is 26.1 Å². The summed E-state index contributed by atoms with van der Waals surface area (Å²) in [6.07, 6.45) is 4.75. The predicted molar refractivity (Wildman–Crippen MR) is 76.3 cm³/mol. The average Bonchev–Trinajstić information content (AvgIpc) is 2.33. The van der Waals surface area contributed by atoms with Crippen molar-refractivity contribution < 1.29 is 4.39 Å². The first kappa shape index (κ1) is 15.2. The Bertz CT molecular complexity index is 356. The van der Waals surface area contributed by atoms with E-state index in [1.54, 1.807) is 13.0 Å². The number of hydrogen-bond acceptors (Lipinski definition) is 1. The normalized spacial score (nSPS) is 13.0. The lowest BCUT2D eigenvalue weighted by Crippen LogP contribution is -2.31. The molecule has 102 valence electrons. The topological polar surface area (TPSA) is 12.0 Å². The van der Waals surface area contributed by atoms with Crippen molar-refractivity contribution in [2.45, 2.75) is 65.5 Å². The lowest BCUT2D eigenvalue weighted by molar-refractivity contribution is 0.401. The van der Waals surface area contributed by atoms with Gasteiger partial charge in [0, 0.05) is 12.1 Å². The standard InChI is InChI=1S/C16H26FN/c1-5-7-15(8-6-2)18-13(4)14-10-9-12(3)16(17)11-14/h9-11,13,15,18H,5-8H2,1-4H3. The highest BCUT2D eigenvalue weighted by Gasteiger charge is 2.13. The maximum Gasteiger partial charge on any atom is 0.126 e. The second-order valence-corrected chi connectivity index (χ2v) is 5.17. The minimum absolute atomic E-state index is 0.108. The van der Waals surface area contributed by atoms with Crippen LogP contribution in [-0.4, -0.2) is 6.04 Å². The van der Waals surface area contributed by atoms with E-state index in [9.17, 15) is 4.39 Å². The summed E-state index contributed by atoms with van der Waals surface area (Å²) < 4.78 is 13.5. The van der Waals surface area contributed by atoms with Gasteiger partial charge in [-0.1, -0.05) is 38.8 Å². The Morgan fingerprint density at radius 2 is 1.78 bits per heavy atom. The Kier molecular flexibility index (Phi) is 6.34. The van der Waals surface area contributed by atoms with Crippen LogP contribution in [0.1, 0.15) is 63.6 Å². The first-order chi connectivity index (χ1) is 8.58. The Morgan fingerprint density at radius 3 is 2.28 bits per heavy atom. The lowest BCUT2D eigenvalue weighted by atomic mass is 10.0. The summed E-state index contributed by atoms with van der Waals surface area (Å²) in [6, 6.07) is 6.28. The van der Waals surface area contributed by atoms with Crippen LogP contribution in [0.2, 0.25) is 0 Å². The molecule has 0 aliphatic carbocycles. The quantitative estimate of drug-likeness (QED) is 0.737. The molecule has 0 saturated carbocycles. The van der Waals surface area contributed by atoms with Crippen LogP contribution in [0.25, 0.3) is 0 Å². The molecular formula is C16H26FN. The van der Waals surface area contributed by atoms with Crippen LogP contribution in [0.15, 0.2) is 18.2 Å². The Labute approximate surface area is 111 Å². The summed E-state index contributed by atoms with van der Waals surface area (Å²) in [5.41, 5.74) is 1.75. The zero-order valence-electron chi connectivity index (χ0n) is 12.1. The molecule has 0 heterocycles. The van der Waals surface area contributed by atoms with Gasteiger partial charge in [0.25, 0.3) is 0 Å². The first-order valence-electron chi connectivity index (χ1n) is 7.10. The molecule has 0 aromatic heterocycles. The first-order valence-corrected chi connectivity index (χ1v) is 7.10. The van der Waals surface area contributed by atoms with Gasteiger partial charge in [-0.25, -0.2) is 4.39 Å². The fourth-order valence-electron chi connectivity index (χ4n) is 2.34. The fraction of sp³-hybridized carbons (Fsp3) is 0.625. The molecule has 0 bridgehead atoms. The van der Waals surface area contributed by atoms with E-state index in [1.165, 1.54) is 25.7 Å². The van der Waals surface area contributed by atoms with Gasteiger partial charge in [-0.2, -0.15) is 0 Å². The van der Waals surface area contributed by atoms with Crippen molar-refractivity contribution in [1.82, 2.24) is 5.32 Å². The molecule has 0 spiro atoms. The van der Waals surface area contributed by atoms with Crippen molar-refractivity contribution in [3.05, 3.63) is 35.1 Å². The second kappa shape index (κ2) is 7.52. The number of nitrogens with one attached hydrogen (secondary N) is 1. The van der Waals surface area contributed by atoms with Crippen LogP contribution < -0.4 is 5.32 Å². The number of halogens is 1. The summed E-state index contributed by atoms with van der Waals surface area (Å²) in [6.45, 7) is 8.33. The van der Waals surface area contributed by atoms with Crippen LogP contribution in [-0.2, 0) is 0 Å². The Balaban J connectivity index is 2.67. The van der Waals surface area contributed by atoms with Gasteiger partial charge < -0.3 is 5.32 Å². The zero-order valence-corrected chi connectivity index (χ0v) is 12.1. The van der Waals surface area contributed by atoms with Crippen molar-refractivity contribution in [2.75, 3.05) is 0 Å². The predicted octanol–water partition coefficient (Wildman–Crippen LogP) is 4.75. The van der Waals surface area contributed by atoms with Gasteiger partial charge in [0.05, 0.1) is 0 Å². The van der Waals surface area contributed by atoms with E-state index in [0.717, 1.165) is 5.56 Å². The lowest BCUT2D eigenvalue weighted by Gasteiger charge is -2.23. The largest absolute Gasteiger partial charge is 0.307 e. The summed E-state index contributed by atoms with van der Waals surface area (Å²) in [4.78, 5) is 0. The molecule has 1 unspecified atom stereocenters.